The summed E-state index contributed by atoms with van der Waals surface area (Å²) in [6.45, 7) is -0.894. The van der Waals surface area contributed by atoms with E-state index in [2.05, 4.69) is 5.32 Å². The highest BCUT2D eigenvalue weighted by Crippen LogP contribution is 2.09. The molecule has 1 unspecified atom stereocenters. The maximum atomic E-state index is 11.9. The van der Waals surface area contributed by atoms with Crippen LogP contribution in [0.5, 0.6) is 0 Å². The lowest BCUT2D eigenvalue weighted by Crippen LogP contribution is -2.41. The largest absolute Gasteiger partial charge is 0.480 e. The maximum Gasteiger partial charge on any atom is 0.333 e. The van der Waals surface area contributed by atoms with Crippen LogP contribution in [-0.2, 0) is 26.3 Å². The Morgan fingerprint density at radius 1 is 1.19 bits per heavy atom. The molecule has 8 nitrogen and oxygen atoms in total. The third-order valence-electron chi connectivity index (χ3n) is 2.62. The van der Waals surface area contributed by atoms with Gasteiger partial charge in [-0.25, -0.2) is 0 Å². The maximum absolute atomic E-state index is 11.9. The number of aliphatic carboxylic acids is 1. The molecule has 1 rings (SSSR count). The van der Waals surface area contributed by atoms with Crippen molar-refractivity contribution in [3.05, 3.63) is 35.9 Å². The molecular formula is C12H16N2O6S. The zero-order chi connectivity index (χ0) is 15.9. The zero-order valence-corrected chi connectivity index (χ0v) is 11.8. The van der Waals surface area contributed by atoms with E-state index in [1.54, 1.807) is 30.3 Å². The first-order chi connectivity index (χ1) is 9.78. The highest BCUT2D eigenvalue weighted by Gasteiger charge is 2.21. The number of hydrogen-bond acceptors (Lipinski definition) is 4. The minimum absolute atomic E-state index is 0.203. The van der Waals surface area contributed by atoms with Crippen molar-refractivity contribution in [3.63, 3.8) is 0 Å². The van der Waals surface area contributed by atoms with Crippen molar-refractivity contribution in [2.45, 2.75) is 6.42 Å². The Kier molecular flexibility index (Phi) is 6.28. The van der Waals surface area contributed by atoms with Gasteiger partial charge in [-0.15, -0.1) is 0 Å². The van der Waals surface area contributed by atoms with Gasteiger partial charge in [-0.1, -0.05) is 30.3 Å². The van der Waals surface area contributed by atoms with Gasteiger partial charge in [0.1, 0.15) is 6.54 Å². The molecule has 4 N–H and O–H groups in total. The Morgan fingerprint density at radius 3 is 2.33 bits per heavy atom. The first kappa shape index (κ1) is 17.1. The van der Waals surface area contributed by atoms with Crippen molar-refractivity contribution in [2.24, 2.45) is 5.92 Å². The van der Waals surface area contributed by atoms with E-state index in [0.29, 0.717) is 0 Å². The van der Waals surface area contributed by atoms with E-state index in [4.69, 9.17) is 9.66 Å². The molecule has 1 amide bonds. The quantitative estimate of drug-likeness (QED) is 0.475. The second-order valence-electron chi connectivity index (χ2n) is 4.32. The Hall–Kier alpha value is -1.97. The lowest BCUT2D eigenvalue weighted by atomic mass is 9.98. The number of nitrogens with one attached hydrogen (secondary N) is 2. The Balaban J connectivity index is 2.73. The van der Waals surface area contributed by atoms with Crippen LogP contribution in [0.3, 0.4) is 0 Å². The molecule has 0 spiro atoms. The Labute approximate surface area is 122 Å². The molecule has 1 aromatic rings. The van der Waals surface area contributed by atoms with Crippen molar-refractivity contribution in [2.75, 3.05) is 13.1 Å². The van der Waals surface area contributed by atoms with Crippen LogP contribution in [0.2, 0.25) is 0 Å². The molecule has 0 aliphatic carbocycles. The van der Waals surface area contributed by atoms with E-state index in [9.17, 15) is 18.0 Å². The first-order valence-corrected chi connectivity index (χ1v) is 7.47. The number of benzene rings is 1. The Bertz CT molecular complexity index is 587. The average Bonchev–Trinajstić information content (AvgIpc) is 2.41. The number of hydrogen-bond donors (Lipinski definition) is 4. The first-order valence-electron chi connectivity index (χ1n) is 6.03. The molecule has 0 heterocycles. The molecule has 116 valence electrons. The van der Waals surface area contributed by atoms with Gasteiger partial charge in [-0.05, 0) is 12.0 Å². The van der Waals surface area contributed by atoms with Gasteiger partial charge >= 0.3 is 16.3 Å². The fourth-order valence-corrected chi connectivity index (χ4v) is 2.08. The molecule has 21 heavy (non-hydrogen) atoms. The molecule has 1 aromatic carbocycles. The number of carbonyl (C=O) groups excluding carboxylic acids is 1. The third kappa shape index (κ3) is 7.40. The number of carboxylic acids is 1. The molecule has 1 atom stereocenters. The van der Waals surface area contributed by atoms with E-state index in [1.807, 2.05) is 4.72 Å². The van der Waals surface area contributed by atoms with Gasteiger partial charge in [0.05, 0.1) is 5.92 Å². The number of carboxylic acid groups (broad SMARTS) is 1. The summed E-state index contributed by atoms with van der Waals surface area (Å²) in [6, 6.07) is 8.82. The van der Waals surface area contributed by atoms with E-state index in [-0.39, 0.29) is 13.0 Å². The zero-order valence-electron chi connectivity index (χ0n) is 11.0. The van der Waals surface area contributed by atoms with Crippen LogP contribution in [-0.4, -0.2) is 43.0 Å². The van der Waals surface area contributed by atoms with Crippen LogP contribution >= 0.6 is 0 Å². The van der Waals surface area contributed by atoms with Crippen molar-refractivity contribution < 1.29 is 27.7 Å². The van der Waals surface area contributed by atoms with Crippen LogP contribution in [0, 0.1) is 5.92 Å². The van der Waals surface area contributed by atoms with Gasteiger partial charge in [-0.2, -0.15) is 13.1 Å². The fourth-order valence-electron chi connectivity index (χ4n) is 1.67. The summed E-state index contributed by atoms with van der Waals surface area (Å²) >= 11 is 0. The van der Waals surface area contributed by atoms with Crippen LogP contribution in [0.25, 0.3) is 0 Å². The minimum atomic E-state index is -4.42. The van der Waals surface area contributed by atoms with E-state index >= 15 is 0 Å². The molecule has 0 saturated carbocycles. The summed E-state index contributed by atoms with van der Waals surface area (Å²) in [5, 5.41) is 10.7. The van der Waals surface area contributed by atoms with Crippen molar-refractivity contribution in [1.29, 1.82) is 0 Å². The van der Waals surface area contributed by atoms with Gasteiger partial charge in [-0.3, -0.25) is 14.1 Å². The predicted octanol–water partition coefficient (Wildman–Crippen LogP) is -0.561. The highest BCUT2D eigenvalue weighted by molar-refractivity contribution is 7.83. The monoisotopic (exact) mass is 316 g/mol. The molecule has 0 bridgehead atoms. The molecular weight excluding hydrogens is 300 g/mol. The molecule has 0 radical (unpaired) electrons. The van der Waals surface area contributed by atoms with Gasteiger partial charge in [0.15, 0.2) is 0 Å². The summed E-state index contributed by atoms with van der Waals surface area (Å²) < 4.78 is 31.9. The van der Waals surface area contributed by atoms with E-state index < -0.39 is 34.6 Å². The molecule has 0 aromatic heterocycles. The van der Waals surface area contributed by atoms with Crippen LogP contribution in [0.4, 0.5) is 0 Å². The summed E-state index contributed by atoms with van der Waals surface area (Å²) in [7, 11) is -4.42. The molecule has 0 aliphatic rings. The minimum Gasteiger partial charge on any atom is -0.480 e. The summed E-state index contributed by atoms with van der Waals surface area (Å²) in [4.78, 5) is 22.3. The second kappa shape index (κ2) is 7.72. The lowest BCUT2D eigenvalue weighted by Gasteiger charge is -2.16. The molecule has 0 aliphatic heterocycles. The lowest BCUT2D eigenvalue weighted by molar-refractivity contribution is -0.138. The molecule has 0 saturated heterocycles. The van der Waals surface area contributed by atoms with Crippen LogP contribution in [0.1, 0.15) is 5.56 Å². The van der Waals surface area contributed by atoms with E-state index in [0.717, 1.165) is 5.56 Å². The van der Waals surface area contributed by atoms with Crippen LogP contribution in [0.15, 0.2) is 30.3 Å². The van der Waals surface area contributed by atoms with Crippen molar-refractivity contribution >= 4 is 22.2 Å². The number of rotatable bonds is 8. The second-order valence-corrected chi connectivity index (χ2v) is 5.56. The smallest absolute Gasteiger partial charge is 0.333 e. The highest BCUT2D eigenvalue weighted by atomic mass is 32.2. The standard InChI is InChI=1S/C12H16N2O6S/c15-11(16)8-13-12(17)10(7-14-21(18,19)20)6-9-4-2-1-3-5-9/h1-5,10,14H,6-8H2,(H,13,17)(H,15,16)(H,18,19,20). The third-order valence-corrected chi connectivity index (χ3v) is 3.15. The number of amides is 1. The van der Waals surface area contributed by atoms with Crippen molar-refractivity contribution in [3.8, 4) is 0 Å². The van der Waals surface area contributed by atoms with Gasteiger partial charge in [0.2, 0.25) is 5.91 Å². The predicted molar refractivity (Wildman–Crippen MR) is 73.8 cm³/mol. The summed E-state index contributed by atoms with van der Waals surface area (Å²) in [6.07, 6.45) is 0.203. The summed E-state index contributed by atoms with van der Waals surface area (Å²) in [5.41, 5.74) is 0.783. The SMILES string of the molecule is O=C(O)CNC(=O)C(CNS(=O)(=O)O)Cc1ccccc1. The average molecular weight is 316 g/mol. The van der Waals surface area contributed by atoms with Gasteiger partial charge in [0, 0.05) is 6.54 Å². The molecule has 0 fully saturated rings. The van der Waals surface area contributed by atoms with Crippen LogP contribution < -0.4 is 10.0 Å². The normalized spacial score (nSPS) is 12.6. The summed E-state index contributed by atoms with van der Waals surface area (Å²) in [5.74, 6) is -2.66. The van der Waals surface area contributed by atoms with Crippen molar-refractivity contribution in [1.82, 2.24) is 10.0 Å². The Morgan fingerprint density at radius 2 is 1.81 bits per heavy atom. The van der Waals surface area contributed by atoms with Gasteiger partial charge in [0.25, 0.3) is 0 Å². The topological polar surface area (TPSA) is 133 Å². The van der Waals surface area contributed by atoms with E-state index in [1.165, 1.54) is 0 Å². The fraction of sp³-hybridized carbons (Fsp3) is 0.333. The molecule has 9 heteroatoms. The number of carbonyl (C=O) groups is 2. The van der Waals surface area contributed by atoms with Gasteiger partial charge < -0.3 is 10.4 Å².